The quantitative estimate of drug-likeness (QED) is 0.535. The lowest BCUT2D eigenvalue weighted by Crippen LogP contribution is -2.52. The van der Waals surface area contributed by atoms with Crippen LogP contribution in [0.3, 0.4) is 0 Å². The van der Waals surface area contributed by atoms with Crippen LogP contribution < -0.4 is 0 Å². The first kappa shape index (κ1) is 19.4. The van der Waals surface area contributed by atoms with Gasteiger partial charge < -0.3 is 0 Å². The summed E-state index contributed by atoms with van der Waals surface area (Å²) in [6, 6.07) is 20.2. The fourth-order valence-corrected chi connectivity index (χ4v) is 7.03. The van der Waals surface area contributed by atoms with Crippen LogP contribution in [0.1, 0.15) is 43.7 Å². The average Bonchev–Trinajstić information content (AvgIpc) is 2.74. The van der Waals surface area contributed by atoms with E-state index in [4.69, 9.17) is 0 Å². The molecule has 2 saturated heterocycles. The first-order valence-electron chi connectivity index (χ1n) is 10.4. The van der Waals surface area contributed by atoms with E-state index in [9.17, 15) is 0 Å². The van der Waals surface area contributed by atoms with E-state index in [1.807, 2.05) is 11.8 Å². The van der Waals surface area contributed by atoms with Crippen molar-refractivity contribution >= 4 is 23.5 Å². The van der Waals surface area contributed by atoms with Gasteiger partial charge in [0.25, 0.3) is 0 Å². The Hall–Kier alpha value is -0.900. The first-order chi connectivity index (χ1) is 13.3. The highest BCUT2D eigenvalue weighted by atomic mass is 32.2. The van der Waals surface area contributed by atoms with Gasteiger partial charge in [-0.15, -0.1) is 11.8 Å². The van der Waals surface area contributed by atoms with Gasteiger partial charge in [0, 0.05) is 22.7 Å². The first-order valence-corrected chi connectivity index (χ1v) is 12.5. The monoisotopic (exact) mass is 397 g/mol. The van der Waals surface area contributed by atoms with E-state index < -0.39 is 0 Å². The van der Waals surface area contributed by atoms with Gasteiger partial charge >= 0.3 is 0 Å². The Bertz CT molecular complexity index is 724. The summed E-state index contributed by atoms with van der Waals surface area (Å²) < 4.78 is 0. The molecular formula is C24H31NS2. The molecule has 2 aromatic carbocycles. The van der Waals surface area contributed by atoms with Gasteiger partial charge in [-0.25, -0.2) is 0 Å². The van der Waals surface area contributed by atoms with Crippen LogP contribution in [0.5, 0.6) is 0 Å². The van der Waals surface area contributed by atoms with E-state index in [1.54, 1.807) is 5.56 Å². The number of piperidine rings is 1. The molecule has 27 heavy (non-hydrogen) atoms. The smallest absolute Gasteiger partial charge is 0.0487 e. The van der Waals surface area contributed by atoms with Crippen molar-refractivity contribution in [3.05, 3.63) is 65.7 Å². The summed E-state index contributed by atoms with van der Waals surface area (Å²) in [7, 11) is 0. The van der Waals surface area contributed by atoms with Crippen molar-refractivity contribution in [2.45, 2.75) is 48.8 Å². The van der Waals surface area contributed by atoms with Gasteiger partial charge in [0.15, 0.2) is 0 Å². The van der Waals surface area contributed by atoms with Crippen molar-refractivity contribution in [1.82, 2.24) is 4.90 Å². The summed E-state index contributed by atoms with van der Waals surface area (Å²) in [6.45, 7) is 4.97. The minimum absolute atomic E-state index is 0.250. The van der Waals surface area contributed by atoms with Crippen LogP contribution in [0.15, 0.2) is 59.5 Å². The Morgan fingerprint density at radius 1 is 1.04 bits per heavy atom. The largest absolute Gasteiger partial charge is 0.293 e. The van der Waals surface area contributed by atoms with E-state index in [-0.39, 0.29) is 5.54 Å². The van der Waals surface area contributed by atoms with Gasteiger partial charge in [-0.3, -0.25) is 4.90 Å². The minimum Gasteiger partial charge on any atom is -0.293 e. The lowest BCUT2D eigenvalue weighted by atomic mass is 9.80. The molecule has 0 unspecified atom stereocenters. The van der Waals surface area contributed by atoms with Gasteiger partial charge in [-0.1, -0.05) is 55.5 Å². The molecule has 0 amide bonds. The summed E-state index contributed by atoms with van der Waals surface area (Å²) in [5.41, 5.74) is 3.26. The van der Waals surface area contributed by atoms with Crippen LogP contribution >= 0.6 is 23.5 Å². The molecule has 0 N–H and O–H groups in total. The predicted molar refractivity (Wildman–Crippen MR) is 121 cm³/mol. The number of hydrogen-bond donors (Lipinski definition) is 0. The van der Waals surface area contributed by atoms with Crippen molar-refractivity contribution in [2.75, 3.05) is 24.6 Å². The third kappa shape index (κ3) is 4.41. The average molecular weight is 398 g/mol. The van der Waals surface area contributed by atoms with E-state index in [1.165, 1.54) is 60.7 Å². The molecule has 2 heterocycles. The standard InChI is InChI=1S/C24H31NS2/c1-20-8-7-15-25(18-20)24(13-16-26-17-14-24)22-11-5-6-12-23(22)27-19-21-9-3-2-4-10-21/h2-6,9-12,20H,7-8,13-19H2,1H3/t20-/m1/s1. The number of nitrogens with zero attached hydrogens (tertiary/aromatic N) is 1. The number of likely N-dealkylation sites (tertiary alicyclic amines) is 1. The number of thioether (sulfide) groups is 2. The molecule has 0 saturated carbocycles. The molecule has 1 atom stereocenters. The number of benzene rings is 2. The lowest BCUT2D eigenvalue weighted by Gasteiger charge is -2.50. The molecule has 1 nitrogen and oxygen atoms in total. The van der Waals surface area contributed by atoms with E-state index in [2.05, 4.69) is 78.2 Å². The number of hydrogen-bond acceptors (Lipinski definition) is 3. The van der Waals surface area contributed by atoms with Crippen molar-refractivity contribution < 1.29 is 0 Å². The predicted octanol–water partition coefficient (Wildman–Crippen LogP) is 6.43. The van der Waals surface area contributed by atoms with Crippen LogP contribution in [-0.2, 0) is 11.3 Å². The van der Waals surface area contributed by atoms with Crippen LogP contribution in [0, 0.1) is 5.92 Å². The fraction of sp³-hybridized carbons (Fsp3) is 0.500. The number of rotatable bonds is 5. The molecule has 0 bridgehead atoms. The Morgan fingerprint density at radius 3 is 2.56 bits per heavy atom. The highest BCUT2D eigenvalue weighted by molar-refractivity contribution is 7.99. The van der Waals surface area contributed by atoms with Gasteiger partial charge in [0.2, 0.25) is 0 Å². The van der Waals surface area contributed by atoms with Crippen LogP contribution in [0.2, 0.25) is 0 Å². The second-order valence-corrected chi connectivity index (χ2v) is 10.3. The zero-order valence-electron chi connectivity index (χ0n) is 16.4. The molecule has 0 aromatic heterocycles. The highest BCUT2D eigenvalue weighted by Gasteiger charge is 2.42. The maximum atomic E-state index is 2.86. The molecule has 2 aliphatic rings. The Balaban J connectivity index is 1.64. The third-order valence-electron chi connectivity index (χ3n) is 6.21. The summed E-state index contributed by atoms with van der Waals surface area (Å²) >= 11 is 4.16. The fourth-order valence-electron chi connectivity index (χ4n) is 4.76. The highest BCUT2D eigenvalue weighted by Crippen LogP contribution is 2.46. The Labute approximate surface area is 173 Å². The van der Waals surface area contributed by atoms with Crippen LogP contribution in [-0.4, -0.2) is 29.5 Å². The normalized spacial score (nSPS) is 23.2. The Kier molecular flexibility index (Phi) is 6.52. The summed E-state index contributed by atoms with van der Waals surface area (Å²) in [5, 5.41) is 0. The van der Waals surface area contributed by atoms with E-state index in [0.717, 1.165) is 11.7 Å². The van der Waals surface area contributed by atoms with E-state index >= 15 is 0 Å². The maximum absolute atomic E-state index is 2.86. The molecule has 4 rings (SSSR count). The molecule has 144 valence electrons. The maximum Gasteiger partial charge on any atom is 0.0487 e. The summed E-state index contributed by atoms with van der Waals surface area (Å²) in [4.78, 5) is 4.36. The SMILES string of the molecule is C[C@@H]1CCCN(C2(c3ccccc3SCc3ccccc3)CCSCC2)C1. The third-order valence-corrected chi connectivity index (χ3v) is 8.34. The van der Waals surface area contributed by atoms with Crippen molar-refractivity contribution in [3.8, 4) is 0 Å². The Morgan fingerprint density at radius 2 is 1.78 bits per heavy atom. The van der Waals surface area contributed by atoms with Gasteiger partial charge in [0.1, 0.15) is 0 Å². The summed E-state index contributed by atoms with van der Waals surface area (Å²) in [6.07, 6.45) is 5.35. The van der Waals surface area contributed by atoms with Crippen molar-refractivity contribution in [1.29, 1.82) is 0 Å². The minimum atomic E-state index is 0.250. The van der Waals surface area contributed by atoms with Crippen molar-refractivity contribution in [2.24, 2.45) is 5.92 Å². The van der Waals surface area contributed by atoms with E-state index in [0.29, 0.717) is 0 Å². The molecule has 0 spiro atoms. The van der Waals surface area contributed by atoms with Gasteiger partial charge in [-0.05, 0) is 66.8 Å². The van der Waals surface area contributed by atoms with Crippen LogP contribution in [0.25, 0.3) is 0 Å². The molecule has 3 heteroatoms. The van der Waals surface area contributed by atoms with Crippen LogP contribution in [0.4, 0.5) is 0 Å². The molecule has 2 fully saturated rings. The second-order valence-electron chi connectivity index (χ2n) is 8.11. The molecule has 0 radical (unpaired) electrons. The zero-order chi connectivity index (χ0) is 18.5. The zero-order valence-corrected chi connectivity index (χ0v) is 18.0. The van der Waals surface area contributed by atoms with Crippen molar-refractivity contribution in [3.63, 3.8) is 0 Å². The lowest BCUT2D eigenvalue weighted by molar-refractivity contribution is 0.0337. The van der Waals surface area contributed by atoms with Gasteiger partial charge in [0.05, 0.1) is 0 Å². The summed E-state index contributed by atoms with van der Waals surface area (Å²) in [5.74, 6) is 4.47. The molecular weight excluding hydrogens is 366 g/mol. The topological polar surface area (TPSA) is 3.24 Å². The molecule has 2 aromatic rings. The molecule has 2 aliphatic heterocycles. The van der Waals surface area contributed by atoms with Gasteiger partial charge in [-0.2, -0.15) is 11.8 Å². The molecule has 0 aliphatic carbocycles. The second kappa shape index (κ2) is 9.07.